The highest BCUT2D eigenvalue weighted by atomic mass is 32.9. The minimum Gasteiger partial charge on any atom is -0.285 e. The van der Waals surface area contributed by atoms with Crippen LogP contribution in [-0.4, -0.2) is 11.6 Å². The lowest BCUT2D eigenvalue weighted by Gasteiger charge is -2.29. The van der Waals surface area contributed by atoms with Crippen LogP contribution < -0.4 is 9.06 Å². The smallest absolute Gasteiger partial charge is 0.231 e. The van der Waals surface area contributed by atoms with Gasteiger partial charge in [0.1, 0.15) is 0 Å². The number of hydrogen-bond acceptors (Lipinski definition) is 4. The van der Waals surface area contributed by atoms with Gasteiger partial charge < -0.3 is 0 Å². The van der Waals surface area contributed by atoms with Crippen molar-refractivity contribution >= 4 is 43.4 Å². The fraction of sp³-hybridized carbons (Fsp3) is 0.571. The van der Waals surface area contributed by atoms with E-state index < -0.39 is 0 Å². The molecule has 0 saturated carbocycles. The van der Waals surface area contributed by atoms with Gasteiger partial charge in [-0.15, -0.1) is 0 Å². The highest BCUT2D eigenvalue weighted by molar-refractivity contribution is 7.70. The molecule has 2 rings (SSSR count). The van der Waals surface area contributed by atoms with Crippen LogP contribution in [0.3, 0.4) is 0 Å². The SMILES string of the molecule is CC(C)(C)C1=c2ssc2=C(C(C)(C)C)C(=O)C1=O. The second kappa shape index (κ2) is 3.87. The molecule has 2 nitrogen and oxygen atoms in total. The summed E-state index contributed by atoms with van der Waals surface area (Å²) in [7, 11) is 3.23. The molecule has 98 valence electrons. The average molecular weight is 282 g/mol. The van der Waals surface area contributed by atoms with Gasteiger partial charge in [-0.25, -0.2) is 0 Å². The van der Waals surface area contributed by atoms with Gasteiger partial charge in [0.25, 0.3) is 0 Å². The molecule has 0 N–H and O–H groups in total. The minimum atomic E-state index is -0.307. The number of fused-ring (bicyclic) bond motifs is 1. The number of carbonyl (C=O) groups is 2. The summed E-state index contributed by atoms with van der Waals surface area (Å²) in [5, 5.41) is 0. The van der Waals surface area contributed by atoms with Gasteiger partial charge in [0.15, 0.2) is 0 Å². The summed E-state index contributed by atoms with van der Waals surface area (Å²) in [4.78, 5) is 24.7. The van der Waals surface area contributed by atoms with E-state index in [9.17, 15) is 9.59 Å². The maximum atomic E-state index is 12.4. The fourth-order valence-corrected chi connectivity index (χ4v) is 4.90. The molecule has 1 aromatic heterocycles. The van der Waals surface area contributed by atoms with Crippen molar-refractivity contribution in [2.24, 2.45) is 10.8 Å². The Morgan fingerprint density at radius 1 is 0.667 bits per heavy atom. The predicted octanol–water partition coefficient (Wildman–Crippen LogP) is 2.36. The van der Waals surface area contributed by atoms with Crippen molar-refractivity contribution in [1.29, 1.82) is 0 Å². The third kappa shape index (κ3) is 1.91. The molecule has 0 aliphatic heterocycles. The maximum absolute atomic E-state index is 12.4. The Bertz CT molecular complexity index is 584. The molecule has 18 heavy (non-hydrogen) atoms. The third-order valence-corrected chi connectivity index (χ3v) is 5.64. The largest absolute Gasteiger partial charge is 0.285 e. The molecule has 0 saturated heterocycles. The number of hydrogen-bond donors (Lipinski definition) is 0. The van der Waals surface area contributed by atoms with Crippen molar-refractivity contribution < 1.29 is 9.59 Å². The molecular weight excluding hydrogens is 264 g/mol. The summed E-state index contributed by atoms with van der Waals surface area (Å²) in [6.45, 7) is 11.9. The first-order chi connectivity index (χ1) is 8.05. The van der Waals surface area contributed by atoms with Crippen molar-refractivity contribution in [3.63, 3.8) is 0 Å². The number of ketones is 2. The summed E-state index contributed by atoms with van der Waals surface area (Å²) in [6, 6.07) is 0. The number of rotatable bonds is 0. The van der Waals surface area contributed by atoms with Gasteiger partial charge in [-0.1, -0.05) is 62.2 Å². The van der Waals surface area contributed by atoms with Crippen LogP contribution >= 0.6 is 20.7 Å². The van der Waals surface area contributed by atoms with Gasteiger partial charge >= 0.3 is 0 Å². The van der Waals surface area contributed by atoms with E-state index in [2.05, 4.69) is 0 Å². The van der Waals surface area contributed by atoms with Crippen molar-refractivity contribution in [3.05, 3.63) is 9.06 Å². The van der Waals surface area contributed by atoms with Crippen LogP contribution in [0.25, 0.3) is 11.1 Å². The minimum absolute atomic E-state index is 0.273. The Balaban J connectivity index is 2.90. The summed E-state index contributed by atoms with van der Waals surface area (Å²) in [5.74, 6) is -0.613. The quantitative estimate of drug-likeness (QED) is 0.541. The van der Waals surface area contributed by atoms with Crippen molar-refractivity contribution in [2.45, 2.75) is 41.5 Å². The molecule has 0 amide bonds. The van der Waals surface area contributed by atoms with Gasteiger partial charge in [0.2, 0.25) is 11.6 Å². The normalized spacial score (nSPS) is 17.4. The lowest BCUT2D eigenvalue weighted by atomic mass is 9.75. The Labute approximate surface area is 114 Å². The molecule has 0 fully saturated rings. The van der Waals surface area contributed by atoms with Crippen LogP contribution in [0.5, 0.6) is 0 Å². The first-order valence-electron chi connectivity index (χ1n) is 5.98. The van der Waals surface area contributed by atoms with Crippen LogP contribution in [0.15, 0.2) is 0 Å². The van der Waals surface area contributed by atoms with Crippen LogP contribution in [0, 0.1) is 10.8 Å². The van der Waals surface area contributed by atoms with Crippen LogP contribution in [0.4, 0.5) is 0 Å². The molecule has 1 aliphatic rings. The lowest BCUT2D eigenvalue weighted by molar-refractivity contribution is -0.130. The molecule has 1 aromatic rings. The van der Waals surface area contributed by atoms with Gasteiger partial charge in [-0.05, 0) is 10.8 Å². The van der Waals surface area contributed by atoms with E-state index in [4.69, 9.17) is 0 Å². The molecular formula is C14H18O2S2. The zero-order chi connectivity index (χ0) is 13.9. The predicted molar refractivity (Wildman–Crippen MR) is 77.2 cm³/mol. The van der Waals surface area contributed by atoms with Crippen LogP contribution in [0.2, 0.25) is 0 Å². The summed E-state index contributed by atoms with van der Waals surface area (Å²) in [6.07, 6.45) is 0. The maximum Gasteiger partial charge on any atom is 0.231 e. The Morgan fingerprint density at radius 3 is 1.11 bits per heavy atom. The summed E-state index contributed by atoms with van der Waals surface area (Å²) < 4.78 is 2.06. The highest BCUT2D eigenvalue weighted by Gasteiger charge is 2.39. The van der Waals surface area contributed by atoms with E-state index in [1.54, 1.807) is 20.7 Å². The molecule has 0 atom stereocenters. The molecule has 4 heteroatoms. The van der Waals surface area contributed by atoms with Crippen molar-refractivity contribution in [3.8, 4) is 0 Å². The van der Waals surface area contributed by atoms with E-state index in [0.717, 1.165) is 9.06 Å². The number of carbonyl (C=O) groups excluding carboxylic acids is 2. The standard InChI is InChI=1S/C14H18O2S2/c1-13(2,3)7-9(15)10(16)8(14(4,5)6)12-11(7)17-18-12/h1-6H3. The Hall–Kier alpha value is -0.740. The van der Waals surface area contributed by atoms with E-state index in [-0.39, 0.29) is 22.4 Å². The first-order valence-corrected chi connectivity index (χ1v) is 8.13. The van der Waals surface area contributed by atoms with Crippen LogP contribution in [0.1, 0.15) is 41.5 Å². The van der Waals surface area contributed by atoms with E-state index >= 15 is 0 Å². The van der Waals surface area contributed by atoms with Gasteiger partial charge in [0, 0.05) is 11.1 Å². The zero-order valence-corrected chi connectivity index (χ0v) is 13.3. The van der Waals surface area contributed by atoms with E-state index in [1.807, 2.05) is 41.5 Å². The second-order valence-electron chi connectivity index (χ2n) is 6.73. The molecule has 0 aromatic carbocycles. The topological polar surface area (TPSA) is 34.1 Å². The third-order valence-electron chi connectivity index (χ3n) is 3.03. The molecule has 0 bridgehead atoms. The Kier molecular flexibility index (Phi) is 2.95. The van der Waals surface area contributed by atoms with Gasteiger partial charge in [0.05, 0.1) is 9.06 Å². The summed E-state index contributed by atoms with van der Waals surface area (Å²) in [5.41, 5.74) is 0.841. The fourth-order valence-electron chi connectivity index (χ4n) is 2.23. The second-order valence-corrected chi connectivity index (χ2v) is 8.88. The van der Waals surface area contributed by atoms with Crippen LogP contribution in [-0.2, 0) is 9.59 Å². The van der Waals surface area contributed by atoms with E-state index in [0.29, 0.717) is 11.1 Å². The average Bonchev–Trinajstić information content (AvgIpc) is 2.12. The Morgan fingerprint density at radius 2 is 0.944 bits per heavy atom. The monoisotopic (exact) mass is 282 g/mol. The molecule has 0 unspecified atom stereocenters. The molecule has 1 aliphatic carbocycles. The van der Waals surface area contributed by atoms with E-state index in [1.165, 1.54) is 0 Å². The van der Waals surface area contributed by atoms with Gasteiger partial charge in [-0.3, -0.25) is 9.59 Å². The highest BCUT2D eigenvalue weighted by Crippen LogP contribution is 2.34. The van der Waals surface area contributed by atoms with Crippen molar-refractivity contribution in [2.75, 3.05) is 0 Å². The molecule has 0 spiro atoms. The molecule has 0 radical (unpaired) electrons. The summed E-state index contributed by atoms with van der Waals surface area (Å²) >= 11 is 0. The zero-order valence-electron chi connectivity index (χ0n) is 11.6. The first kappa shape index (κ1) is 13.7. The van der Waals surface area contributed by atoms with Gasteiger partial charge in [-0.2, -0.15) is 0 Å². The van der Waals surface area contributed by atoms with Crippen molar-refractivity contribution in [1.82, 2.24) is 0 Å². The number of Topliss-reactive ketones (excluding diaryl/α,β-unsaturated/α-hetero) is 2. The lowest BCUT2D eigenvalue weighted by Crippen LogP contribution is -2.46. The molecule has 1 heterocycles.